The van der Waals surface area contributed by atoms with Crippen molar-refractivity contribution < 1.29 is 4.79 Å². The highest BCUT2D eigenvalue weighted by Crippen LogP contribution is 2.29. The number of hydrogen-bond acceptors (Lipinski definition) is 6. The van der Waals surface area contributed by atoms with Gasteiger partial charge in [0.25, 0.3) is 0 Å². The van der Waals surface area contributed by atoms with E-state index >= 15 is 0 Å². The molecule has 190 valence electrons. The maximum absolute atomic E-state index is 13.2. The van der Waals surface area contributed by atoms with Crippen LogP contribution in [0.15, 0.2) is 59.8 Å². The molecule has 5 rings (SSSR count). The lowest BCUT2D eigenvalue weighted by Gasteiger charge is -2.15. The van der Waals surface area contributed by atoms with E-state index in [4.69, 9.17) is 15.1 Å². The number of aromatic nitrogens is 6. The van der Waals surface area contributed by atoms with Crippen LogP contribution in [0.25, 0.3) is 16.6 Å². The van der Waals surface area contributed by atoms with Crippen molar-refractivity contribution in [2.45, 2.75) is 63.9 Å². The van der Waals surface area contributed by atoms with Crippen molar-refractivity contribution in [3.63, 3.8) is 0 Å². The first kappa shape index (κ1) is 25.0. The third-order valence-electron chi connectivity index (χ3n) is 6.38. The Bertz CT molecular complexity index is 1550. The third-order valence-corrected chi connectivity index (χ3v) is 7.69. The van der Waals surface area contributed by atoms with Crippen LogP contribution in [-0.4, -0.2) is 40.5 Å². The van der Waals surface area contributed by atoms with E-state index in [-0.39, 0.29) is 11.2 Å². The lowest BCUT2D eigenvalue weighted by Crippen LogP contribution is -2.25. The predicted molar refractivity (Wildman–Crippen MR) is 148 cm³/mol. The Balaban J connectivity index is 1.43. The molecule has 0 aliphatic heterocycles. The summed E-state index contributed by atoms with van der Waals surface area (Å²) >= 11 is 1.42. The molecular weight excluding hydrogens is 482 g/mol. The molecule has 0 saturated carbocycles. The number of aryl methyl sites for hydroxylation is 5. The molecule has 2 aromatic carbocycles. The van der Waals surface area contributed by atoms with E-state index in [0.29, 0.717) is 24.5 Å². The summed E-state index contributed by atoms with van der Waals surface area (Å²) in [6, 6.07) is 18.0. The first-order valence-electron chi connectivity index (χ1n) is 12.7. The van der Waals surface area contributed by atoms with E-state index in [0.717, 1.165) is 45.9 Å². The largest absolute Gasteiger partial charge is 0.325 e. The van der Waals surface area contributed by atoms with Gasteiger partial charge in [0.2, 0.25) is 5.91 Å². The summed E-state index contributed by atoms with van der Waals surface area (Å²) in [5.74, 6) is 0.672. The fourth-order valence-electron chi connectivity index (χ4n) is 4.36. The number of benzene rings is 2. The van der Waals surface area contributed by atoms with E-state index in [1.54, 1.807) is 4.52 Å². The molecule has 9 heteroatoms. The SMILES string of the molecule is CCc1ccc(NC(=O)[C@@H](CC)Sc2nc3ccccc3c3nc(CCn4nc(C)cc4C)nn23)cc1. The van der Waals surface area contributed by atoms with Crippen LogP contribution in [0, 0.1) is 13.8 Å². The number of nitrogens with zero attached hydrogens (tertiary/aromatic N) is 6. The van der Waals surface area contributed by atoms with E-state index < -0.39 is 0 Å². The molecule has 0 aliphatic carbocycles. The summed E-state index contributed by atoms with van der Waals surface area (Å²) in [6.07, 6.45) is 2.26. The average Bonchev–Trinajstić information content (AvgIpc) is 3.48. The minimum absolute atomic E-state index is 0.0512. The molecule has 3 heterocycles. The summed E-state index contributed by atoms with van der Waals surface area (Å²) in [6.45, 7) is 8.87. The molecule has 37 heavy (non-hydrogen) atoms. The first-order chi connectivity index (χ1) is 17.9. The number of hydrogen-bond donors (Lipinski definition) is 1. The average molecular weight is 514 g/mol. The van der Waals surface area contributed by atoms with Crippen molar-refractivity contribution in [1.29, 1.82) is 0 Å². The minimum atomic E-state index is -0.329. The van der Waals surface area contributed by atoms with E-state index in [2.05, 4.69) is 30.3 Å². The van der Waals surface area contributed by atoms with E-state index in [1.165, 1.54) is 17.3 Å². The number of amides is 1. The molecule has 0 radical (unpaired) electrons. The maximum atomic E-state index is 13.2. The molecule has 0 unspecified atom stereocenters. The summed E-state index contributed by atoms with van der Waals surface area (Å²) in [5, 5.41) is 13.7. The van der Waals surface area contributed by atoms with Crippen molar-refractivity contribution >= 4 is 39.9 Å². The molecule has 1 amide bonds. The van der Waals surface area contributed by atoms with Crippen molar-refractivity contribution in [3.8, 4) is 0 Å². The Morgan fingerprint density at radius 1 is 1.03 bits per heavy atom. The Morgan fingerprint density at radius 3 is 2.51 bits per heavy atom. The summed E-state index contributed by atoms with van der Waals surface area (Å²) in [4.78, 5) is 22.9. The summed E-state index contributed by atoms with van der Waals surface area (Å²) < 4.78 is 3.77. The molecule has 0 aliphatic rings. The summed E-state index contributed by atoms with van der Waals surface area (Å²) in [5.41, 5.74) is 5.74. The molecule has 1 N–H and O–H groups in total. The lowest BCUT2D eigenvalue weighted by atomic mass is 10.1. The second kappa shape index (κ2) is 10.7. The Labute approximate surface area is 220 Å². The van der Waals surface area contributed by atoms with Gasteiger partial charge in [0.15, 0.2) is 16.6 Å². The van der Waals surface area contributed by atoms with Crippen molar-refractivity contribution in [2.24, 2.45) is 0 Å². The van der Waals surface area contributed by atoms with Crippen LogP contribution < -0.4 is 5.32 Å². The molecule has 0 fully saturated rings. The zero-order chi connectivity index (χ0) is 25.9. The fraction of sp³-hybridized carbons (Fsp3) is 0.321. The van der Waals surface area contributed by atoms with Gasteiger partial charge < -0.3 is 5.32 Å². The molecule has 0 saturated heterocycles. The number of fused-ring (bicyclic) bond motifs is 3. The van der Waals surface area contributed by atoms with Crippen LogP contribution in [-0.2, 0) is 24.2 Å². The van der Waals surface area contributed by atoms with Gasteiger partial charge in [-0.25, -0.2) is 9.97 Å². The number of anilines is 1. The Morgan fingerprint density at radius 2 is 1.81 bits per heavy atom. The molecule has 3 aromatic heterocycles. The van der Waals surface area contributed by atoms with Gasteiger partial charge in [0, 0.05) is 29.7 Å². The standard InChI is InChI=1S/C28H31N7OS/c1-5-20-11-13-21(14-12-20)29-27(36)24(6-2)37-28-30-23-10-8-7-9-22(23)26-31-25(33-35(26)28)15-16-34-19(4)17-18(3)32-34/h7-14,17,24H,5-6,15-16H2,1-4H3,(H,29,36)/t24-/m1/s1. The van der Waals surface area contributed by atoms with Crippen LogP contribution in [0.3, 0.4) is 0 Å². The molecular formula is C28H31N7OS. The molecule has 5 aromatic rings. The first-order valence-corrected chi connectivity index (χ1v) is 13.5. The number of rotatable bonds is 9. The van der Waals surface area contributed by atoms with Crippen molar-refractivity contribution in [3.05, 3.63) is 77.4 Å². The Hall–Kier alpha value is -3.72. The van der Waals surface area contributed by atoms with Gasteiger partial charge >= 0.3 is 0 Å². The number of carbonyl (C=O) groups excluding carboxylic acids is 1. The molecule has 1 atom stereocenters. The monoisotopic (exact) mass is 513 g/mol. The highest BCUT2D eigenvalue weighted by Gasteiger charge is 2.23. The van der Waals surface area contributed by atoms with Gasteiger partial charge in [0.1, 0.15) is 0 Å². The fourth-order valence-corrected chi connectivity index (χ4v) is 5.32. The second-order valence-corrected chi connectivity index (χ2v) is 10.3. The van der Waals surface area contributed by atoms with Crippen molar-refractivity contribution in [1.82, 2.24) is 29.4 Å². The van der Waals surface area contributed by atoms with Gasteiger partial charge in [-0.15, -0.1) is 5.10 Å². The molecule has 0 bridgehead atoms. The smallest absolute Gasteiger partial charge is 0.237 e. The number of nitrogens with one attached hydrogen (secondary N) is 1. The van der Waals surface area contributed by atoms with Gasteiger partial charge in [-0.2, -0.15) is 9.61 Å². The van der Waals surface area contributed by atoms with Crippen LogP contribution in [0.1, 0.15) is 43.0 Å². The van der Waals surface area contributed by atoms with Crippen LogP contribution >= 0.6 is 11.8 Å². The zero-order valence-corrected chi connectivity index (χ0v) is 22.4. The normalized spacial score (nSPS) is 12.3. The number of carbonyl (C=O) groups is 1. The second-order valence-electron chi connectivity index (χ2n) is 9.13. The predicted octanol–water partition coefficient (Wildman–Crippen LogP) is 5.41. The van der Waals surface area contributed by atoms with Crippen LogP contribution in [0.5, 0.6) is 0 Å². The lowest BCUT2D eigenvalue weighted by molar-refractivity contribution is -0.115. The van der Waals surface area contributed by atoms with E-state index in [1.807, 2.05) is 67.1 Å². The minimum Gasteiger partial charge on any atom is -0.325 e. The van der Waals surface area contributed by atoms with E-state index in [9.17, 15) is 4.79 Å². The highest BCUT2D eigenvalue weighted by atomic mass is 32.2. The van der Waals surface area contributed by atoms with Gasteiger partial charge in [-0.05, 0) is 62.6 Å². The molecule has 8 nitrogen and oxygen atoms in total. The highest BCUT2D eigenvalue weighted by molar-refractivity contribution is 8.00. The van der Waals surface area contributed by atoms with Gasteiger partial charge in [-0.3, -0.25) is 9.48 Å². The maximum Gasteiger partial charge on any atom is 0.237 e. The number of thioether (sulfide) groups is 1. The van der Waals surface area contributed by atoms with Crippen molar-refractivity contribution in [2.75, 3.05) is 5.32 Å². The number of para-hydroxylation sites is 1. The molecule has 0 spiro atoms. The Kier molecular flexibility index (Phi) is 7.23. The summed E-state index contributed by atoms with van der Waals surface area (Å²) in [7, 11) is 0. The van der Waals surface area contributed by atoms with Gasteiger partial charge in [-0.1, -0.05) is 49.9 Å². The third kappa shape index (κ3) is 5.36. The quantitative estimate of drug-likeness (QED) is 0.210. The van der Waals surface area contributed by atoms with Crippen LogP contribution in [0.4, 0.5) is 5.69 Å². The van der Waals surface area contributed by atoms with Crippen LogP contribution in [0.2, 0.25) is 0 Å². The zero-order valence-electron chi connectivity index (χ0n) is 21.6. The van der Waals surface area contributed by atoms with Gasteiger partial charge in [0.05, 0.1) is 16.5 Å². The topological polar surface area (TPSA) is 90.0 Å².